The zero-order valence-corrected chi connectivity index (χ0v) is 13.2. The van der Waals surface area contributed by atoms with Gasteiger partial charge in [-0.3, -0.25) is 19.3 Å². The Morgan fingerprint density at radius 2 is 1.62 bits per heavy atom. The van der Waals surface area contributed by atoms with E-state index in [0.717, 1.165) is 10.5 Å². The number of amides is 2. The van der Waals surface area contributed by atoms with E-state index in [9.17, 15) is 14.4 Å². The van der Waals surface area contributed by atoms with E-state index in [-0.39, 0.29) is 22.9 Å². The molecule has 0 N–H and O–H groups in total. The highest BCUT2D eigenvalue weighted by Gasteiger charge is 2.41. The molecule has 4 rings (SSSR count). The van der Waals surface area contributed by atoms with Gasteiger partial charge in [0.15, 0.2) is 0 Å². The second-order valence-corrected chi connectivity index (χ2v) is 5.92. The van der Waals surface area contributed by atoms with E-state index >= 15 is 0 Å². The summed E-state index contributed by atoms with van der Waals surface area (Å²) in [5.41, 5.74) is 2.78. The number of rotatable bonds is 2. The van der Waals surface area contributed by atoms with Crippen LogP contribution in [0.3, 0.4) is 0 Å². The summed E-state index contributed by atoms with van der Waals surface area (Å²) in [5, 5.41) is 0. The maximum Gasteiger partial charge on any atom is 0.263 e. The Kier molecular flexibility index (Phi) is 2.93. The maximum atomic E-state index is 13.0. The fourth-order valence-corrected chi connectivity index (χ4v) is 3.16. The molecule has 0 atom stereocenters. The second-order valence-electron chi connectivity index (χ2n) is 5.92. The van der Waals surface area contributed by atoms with Crippen molar-refractivity contribution in [2.75, 3.05) is 7.05 Å². The number of pyridine rings is 1. The van der Waals surface area contributed by atoms with Crippen molar-refractivity contribution in [3.63, 3.8) is 0 Å². The van der Waals surface area contributed by atoms with E-state index in [0.29, 0.717) is 16.6 Å². The first kappa shape index (κ1) is 14.4. The highest BCUT2D eigenvalue weighted by atomic mass is 16.2. The number of ketones is 1. The molecule has 5 nitrogen and oxygen atoms in total. The van der Waals surface area contributed by atoms with Crippen LogP contribution in [0, 0.1) is 6.92 Å². The predicted octanol–water partition coefficient (Wildman–Crippen LogP) is 2.70. The Balaban J connectivity index is 2.08. The minimum atomic E-state index is -0.435. The minimum Gasteiger partial charge on any atom is -0.312 e. The van der Waals surface area contributed by atoms with Crippen molar-refractivity contribution in [2.45, 2.75) is 6.92 Å². The Bertz CT molecular complexity index is 1030. The molecule has 0 fully saturated rings. The standard InChI is InChI=1S/C19H14N2O3/c1-11-8-9-21-13(10-11)14-15(19(24)20(2)18(14)23)16(21)17(22)12-6-4-3-5-7-12/h3-10H,1-2H3. The van der Waals surface area contributed by atoms with Gasteiger partial charge in [0.05, 0.1) is 16.6 Å². The van der Waals surface area contributed by atoms with Gasteiger partial charge in [-0.25, -0.2) is 0 Å². The molecule has 0 aliphatic carbocycles. The molecule has 2 amide bonds. The third-order valence-corrected chi connectivity index (χ3v) is 4.38. The molecule has 2 aromatic heterocycles. The van der Waals surface area contributed by atoms with Gasteiger partial charge in [0.2, 0.25) is 5.78 Å². The van der Waals surface area contributed by atoms with E-state index < -0.39 is 5.91 Å². The van der Waals surface area contributed by atoms with Crippen LogP contribution in [0.15, 0.2) is 48.7 Å². The summed E-state index contributed by atoms with van der Waals surface area (Å²) in [6.45, 7) is 1.91. The number of aromatic nitrogens is 1. The van der Waals surface area contributed by atoms with Crippen LogP contribution >= 0.6 is 0 Å². The quantitative estimate of drug-likeness (QED) is 0.539. The highest BCUT2D eigenvalue weighted by Crippen LogP contribution is 2.33. The average Bonchev–Trinajstić information content (AvgIpc) is 3.03. The number of benzene rings is 1. The summed E-state index contributed by atoms with van der Waals surface area (Å²) in [7, 11) is 1.44. The van der Waals surface area contributed by atoms with Crippen LogP contribution in [0.25, 0.3) is 5.52 Å². The first-order valence-corrected chi connectivity index (χ1v) is 7.57. The molecule has 0 spiro atoms. The van der Waals surface area contributed by atoms with Gasteiger partial charge < -0.3 is 4.40 Å². The number of fused-ring (bicyclic) bond motifs is 3. The summed E-state index contributed by atoms with van der Waals surface area (Å²) < 4.78 is 1.65. The number of aryl methyl sites for hydroxylation is 1. The van der Waals surface area contributed by atoms with Crippen LogP contribution in [0.5, 0.6) is 0 Å². The van der Waals surface area contributed by atoms with Gasteiger partial charge >= 0.3 is 0 Å². The lowest BCUT2D eigenvalue weighted by molar-refractivity contribution is 0.0690. The number of imide groups is 1. The molecule has 3 aromatic rings. The Hall–Kier alpha value is -3.21. The molecule has 3 heterocycles. The average molecular weight is 318 g/mol. The van der Waals surface area contributed by atoms with Crippen LogP contribution in [-0.4, -0.2) is 33.9 Å². The lowest BCUT2D eigenvalue weighted by atomic mass is 10.0. The first-order chi connectivity index (χ1) is 11.5. The summed E-state index contributed by atoms with van der Waals surface area (Å²) in [6.07, 6.45) is 1.74. The zero-order chi connectivity index (χ0) is 17.0. The van der Waals surface area contributed by atoms with E-state index in [4.69, 9.17) is 0 Å². The molecule has 1 aromatic carbocycles. The zero-order valence-electron chi connectivity index (χ0n) is 13.2. The van der Waals surface area contributed by atoms with Gasteiger partial charge in [-0.2, -0.15) is 0 Å². The number of hydrogen-bond acceptors (Lipinski definition) is 3. The van der Waals surface area contributed by atoms with Gasteiger partial charge in [0.25, 0.3) is 11.8 Å². The molecule has 0 radical (unpaired) electrons. The number of carbonyl (C=O) groups excluding carboxylic acids is 3. The molecular formula is C19H14N2O3. The smallest absolute Gasteiger partial charge is 0.263 e. The fraction of sp³-hybridized carbons (Fsp3) is 0.105. The SMILES string of the molecule is Cc1ccn2c(C(=O)c3ccccc3)c3c(c2c1)C(=O)N(C)C3=O. The van der Waals surface area contributed by atoms with Gasteiger partial charge in [0.1, 0.15) is 5.69 Å². The number of carbonyl (C=O) groups is 3. The van der Waals surface area contributed by atoms with Gasteiger partial charge in [0, 0.05) is 18.8 Å². The molecular weight excluding hydrogens is 304 g/mol. The lowest BCUT2D eigenvalue weighted by Gasteiger charge is -2.09. The molecule has 24 heavy (non-hydrogen) atoms. The van der Waals surface area contributed by atoms with Crippen molar-refractivity contribution >= 4 is 23.1 Å². The Morgan fingerprint density at radius 1 is 0.958 bits per heavy atom. The fourth-order valence-electron chi connectivity index (χ4n) is 3.16. The third kappa shape index (κ3) is 1.78. The highest BCUT2D eigenvalue weighted by molar-refractivity contribution is 6.29. The molecule has 118 valence electrons. The van der Waals surface area contributed by atoms with Crippen LogP contribution in [-0.2, 0) is 0 Å². The maximum absolute atomic E-state index is 13.0. The van der Waals surface area contributed by atoms with E-state index in [1.54, 1.807) is 34.9 Å². The van der Waals surface area contributed by atoms with Crippen LogP contribution < -0.4 is 0 Å². The summed E-state index contributed by atoms with van der Waals surface area (Å²) in [5.74, 6) is -1.08. The van der Waals surface area contributed by atoms with Gasteiger partial charge in [-0.15, -0.1) is 0 Å². The van der Waals surface area contributed by atoms with Crippen LogP contribution in [0.1, 0.15) is 42.3 Å². The molecule has 0 saturated carbocycles. The second kappa shape index (κ2) is 4.89. The minimum absolute atomic E-state index is 0.196. The van der Waals surface area contributed by atoms with Gasteiger partial charge in [-0.1, -0.05) is 30.3 Å². The molecule has 0 unspecified atom stereocenters. The lowest BCUT2D eigenvalue weighted by Crippen LogP contribution is -2.26. The summed E-state index contributed by atoms with van der Waals surface area (Å²) in [4.78, 5) is 39.1. The Labute approximate surface area is 138 Å². The number of hydrogen-bond donors (Lipinski definition) is 0. The molecule has 5 heteroatoms. The molecule has 1 aliphatic rings. The van der Waals surface area contributed by atoms with Crippen LogP contribution in [0.4, 0.5) is 0 Å². The topological polar surface area (TPSA) is 58.9 Å². The van der Waals surface area contributed by atoms with E-state index in [1.165, 1.54) is 7.05 Å². The molecule has 0 saturated heterocycles. The van der Waals surface area contributed by atoms with Crippen molar-refractivity contribution < 1.29 is 14.4 Å². The summed E-state index contributed by atoms with van der Waals surface area (Å²) >= 11 is 0. The Morgan fingerprint density at radius 3 is 2.33 bits per heavy atom. The van der Waals surface area contributed by atoms with Crippen LogP contribution in [0.2, 0.25) is 0 Å². The third-order valence-electron chi connectivity index (χ3n) is 4.38. The van der Waals surface area contributed by atoms with Crippen molar-refractivity contribution in [1.82, 2.24) is 9.30 Å². The van der Waals surface area contributed by atoms with Crippen molar-refractivity contribution in [1.29, 1.82) is 0 Å². The summed E-state index contributed by atoms with van der Waals surface area (Å²) in [6, 6.07) is 12.4. The number of nitrogens with zero attached hydrogens (tertiary/aromatic N) is 2. The van der Waals surface area contributed by atoms with Crippen molar-refractivity contribution in [3.05, 3.63) is 76.6 Å². The normalized spacial score (nSPS) is 13.7. The van der Waals surface area contributed by atoms with Gasteiger partial charge in [-0.05, 0) is 24.6 Å². The molecule has 0 bridgehead atoms. The van der Waals surface area contributed by atoms with E-state index in [1.807, 2.05) is 25.1 Å². The predicted molar refractivity (Wildman–Crippen MR) is 88.4 cm³/mol. The van der Waals surface area contributed by atoms with Crippen molar-refractivity contribution in [3.8, 4) is 0 Å². The molecule has 1 aliphatic heterocycles. The monoisotopic (exact) mass is 318 g/mol. The first-order valence-electron chi connectivity index (χ1n) is 7.57. The van der Waals surface area contributed by atoms with E-state index in [2.05, 4.69) is 0 Å². The van der Waals surface area contributed by atoms with Crippen molar-refractivity contribution in [2.24, 2.45) is 0 Å². The largest absolute Gasteiger partial charge is 0.312 e.